The Hall–Kier alpha value is -1.56. The molecule has 0 amide bonds. The lowest BCUT2D eigenvalue weighted by atomic mass is 10.0. The maximum Gasteiger partial charge on any atom is 0.235 e. The molecule has 1 fully saturated rings. The Labute approximate surface area is 113 Å². The molecule has 1 aromatic carbocycles. The molecule has 0 saturated heterocycles. The average Bonchev–Trinajstić information content (AvgIpc) is 2.39. The number of hydrogen-bond donors (Lipinski definition) is 3. The van der Waals surface area contributed by atoms with Crippen LogP contribution in [0.1, 0.15) is 37.7 Å². The molecule has 1 saturated carbocycles. The van der Waals surface area contributed by atoms with Gasteiger partial charge in [-0.3, -0.25) is 10.1 Å². The van der Waals surface area contributed by atoms with Crippen molar-refractivity contribution in [2.75, 3.05) is 4.72 Å². The SMILES string of the molecule is N=C(N)c1cccc(NS(=O)(=O)C2CCCCC2)c1. The minimum absolute atomic E-state index is 0.0706. The monoisotopic (exact) mass is 281 g/mol. The van der Waals surface area contributed by atoms with Gasteiger partial charge >= 0.3 is 0 Å². The zero-order valence-electron chi connectivity index (χ0n) is 10.7. The Morgan fingerprint density at radius 2 is 1.95 bits per heavy atom. The van der Waals surface area contributed by atoms with Gasteiger partial charge in [-0.1, -0.05) is 31.4 Å². The smallest absolute Gasteiger partial charge is 0.235 e. The molecule has 1 aliphatic carbocycles. The van der Waals surface area contributed by atoms with E-state index in [9.17, 15) is 8.42 Å². The molecule has 6 heteroatoms. The molecule has 4 N–H and O–H groups in total. The Morgan fingerprint density at radius 1 is 1.26 bits per heavy atom. The van der Waals surface area contributed by atoms with Gasteiger partial charge in [0.25, 0.3) is 0 Å². The number of hydrogen-bond acceptors (Lipinski definition) is 3. The van der Waals surface area contributed by atoms with Gasteiger partial charge in [0.15, 0.2) is 0 Å². The number of benzene rings is 1. The van der Waals surface area contributed by atoms with Crippen LogP contribution in [0.15, 0.2) is 24.3 Å². The second-order valence-corrected chi connectivity index (χ2v) is 6.86. The summed E-state index contributed by atoms with van der Waals surface area (Å²) in [5.41, 5.74) is 6.38. The number of anilines is 1. The highest BCUT2D eigenvalue weighted by molar-refractivity contribution is 7.93. The average molecular weight is 281 g/mol. The molecule has 2 rings (SSSR count). The van der Waals surface area contributed by atoms with Crippen molar-refractivity contribution in [2.45, 2.75) is 37.4 Å². The van der Waals surface area contributed by atoms with Gasteiger partial charge in [0.05, 0.1) is 5.25 Å². The third-order valence-electron chi connectivity index (χ3n) is 3.42. The minimum Gasteiger partial charge on any atom is -0.384 e. The molecule has 104 valence electrons. The Morgan fingerprint density at radius 3 is 2.58 bits per heavy atom. The van der Waals surface area contributed by atoms with E-state index >= 15 is 0 Å². The van der Waals surface area contributed by atoms with E-state index in [2.05, 4.69) is 4.72 Å². The molecule has 0 atom stereocenters. The molecule has 0 unspecified atom stereocenters. The number of rotatable bonds is 4. The number of amidine groups is 1. The van der Waals surface area contributed by atoms with Crippen molar-refractivity contribution >= 4 is 21.5 Å². The van der Waals surface area contributed by atoms with Crippen LogP contribution in [-0.4, -0.2) is 19.5 Å². The van der Waals surface area contributed by atoms with E-state index in [1.807, 2.05) is 0 Å². The van der Waals surface area contributed by atoms with E-state index in [1.165, 1.54) is 0 Å². The van der Waals surface area contributed by atoms with Crippen molar-refractivity contribution in [3.05, 3.63) is 29.8 Å². The molecule has 19 heavy (non-hydrogen) atoms. The third-order valence-corrected chi connectivity index (χ3v) is 5.29. The van der Waals surface area contributed by atoms with Crippen LogP contribution in [0, 0.1) is 5.41 Å². The fraction of sp³-hybridized carbons (Fsp3) is 0.462. The number of nitrogens with two attached hydrogens (primary N) is 1. The first kappa shape index (κ1) is 13.9. The van der Waals surface area contributed by atoms with Crippen molar-refractivity contribution in [1.82, 2.24) is 0 Å². The van der Waals surface area contributed by atoms with Crippen LogP contribution in [0.4, 0.5) is 5.69 Å². The highest BCUT2D eigenvalue weighted by Crippen LogP contribution is 2.25. The summed E-state index contributed by atoms with van der Waals surface area (Å²) < 4.78 is 27.1. The fourth-order valence-electron chi connectivity index (χ4n) is 2.37. The fourth-order valence-corrected chi connectivity index (χ4v) is 3.95. The molecular weight excluding hydrogens is 262 g/mol. The van der Waals surface area contributed by atoms with Crippen LogP contribution in [0.3, 0.4) is 0 Å². The zero-order valence-corrected chi connectivity index (χ0v) is 11.5. The standard InChI is InChI=1S/C13H19N3O2S/c14-13(15)10-5-4-6-11(9-10)16-19(17,18)12-7-2-1-3-8-12/h4-6,9,12,16H,1-3,7-8H2,(H3,14,15). The largest absolute Gasteiger partial charge is 0.384 e. The third kappa shape index (κ3) is 3.47. The maximum atomic E-state index is 12.2. The van der Waals surface area contributed by atoms with Crippen molar-refractivity contribution in [1.29, 1.82) is 5.41 Å². The van der Waals surface area contributed by atoms with Crippen molar-refractivity contribution in [3.63, 3.8) is 0 Å². The molecular formula is C13H19N3O2S. The minimum atomic E-state index is -3.34. The van der Waals surface area contributed by atoms with Crippen LogP contribution in [0.2, 0.25) is 0 Å². The van der Waals surface area contributed by atoms with Gasteiger partial charge in [0.2, 0.25) is 10.0 Å². The Balaban J connectivity index is 2.15. The van der Waals surface area contributed by atoms with E-state index < -0.39 is 10.0 Å². The summed E-state index contributed by atoms with van der Waals surface area (Å²) in [6.07, 6.45) is 4.51. The van der Waals surface area contributed by atoms with E-state index in [-0.39, 0.29) is 11.1 Å². The van der Waals surface area contributed by atoms with Crippen LogP contribution in [-0.2, 0) is 10.0 Å². The van der Waals surface area contributed by atoms with E-state index in [1.54, 1.807) is 24.3 Å². The summed E-state index contributed by atoms with van der Waals surface area (Å²) in [4.78, 5) is 0. The van der Waals surface area contributed by atoms with E-state index in [0.717, 1.165) is 32.1 Å². The lowest BCUT2D eigenvalue weighted by Gasteiger charge is -2.22. The summed E-state index contributed by atoms with van der Waals surface area (Å²) in [5.74, 6) is -0.0706. The summed E-state index contributed by atoms with van der Waals surface area (Å²) in [6, 6.07) is 6.63. The van der Waals surface area contributed by atoms with Crippen LogP contribution < -0.4 is 10.5 Å². The molecule has 0 radical (unpaired) electrons. The van der Waals surface area contributed by atoms with Gasteiger partial charge in [-0.05, 0) is 25.0 Å². The summed E-state index contributed by atoms with van der Waals surface area (Å²) >= 11 is 0. The molecule has 0 spiro atoms. The summed E-state index contributed by atoms with van der Waals surface area (Å²) in [5, 5.41) is 7.06. The lowest BCUT2D eigenvalue weighted by molar-refractivity contribution is 0.486. The summed E-state index contributed by atoms with van der Waals surface area (Å²) in [7, 11) is -3.34. The van der Waals surface area contributed by atoms with Gasteiger partial charge in [-0.2, -0.15) is 0 Å². The second-order valence-electron chi connectivity index (χ2n) is 4.90. The van der Waals surface area contributed by atoms with Crippen molar-refractivity contribution < 1.29 is 8.42 Å². The predicted molar refractivity (Wildman–Crippen MR) is 76.9 cm³/mol. The van der Waals surface area contributed by atoms with Gasteiger partial charge < -0.3 is 5.73 Å². The number of sulfonamides is 1. The van der Waals surface area contributed by atoms with E-state index in [0.29, 0.717) is 11.3 Å². The maximum absolute atomic E-state index is 12.2. The van der Waals surface area contributed by atoms with Gasteiger partial charge in [0.1, 0.15) is 5.84 Å². The quantitative estimate of drug-likeness (QED) is 0.582. The first-order valence-electron chi connectivity index (χ1n) is 6.45. The Kier molecular flexibility index (Phi) is 4.09. The van der Waals surface area contributed by atoms with Gasteiger partial charge in [0, 0.05) is 11.3 Å². The molecule has 0 aromatic heterocycles. The number of nitrogen functional groups attached to an aromatic ring is 1. The molecule has 0 aliphatic heterocycles. The predicted octanol–water partition coefficient (Wildman–Crippen LogP) is 2.05. The normalized spacial score (nSPS) is 17.1. The first-order valence-corrected chi connectivity index (χ1v) is 8.00. The highest BCUT2D eigenvalue weighted by Gasteiger charge is 2.27. The van der Waals surface area contributed by atoms with Gasteiger partial charge in [-0.25, -0.2) is 8.42 Å². The van der Waals surface area contributed by atoms with Crippen molar-refractivity contribution in [2.24, 2.45) is 5.73 Å². The van der Waals surface area contributed by atoms with Crippen LogP contribution in [0.5, 0.6) is 0 Å². The second kappa shape index (κ2) is 5.61. The van der Waals surface area contributed by atoms with Crippen molar-refractivity contribution in [3.8, 4) is 0 Å². The molecule has 5 nitrogen and oxygen atoms in total. The Bertz CT molecular complexity index is 563. The van der Waals surface area contributed by atoms with Crippen LogP contribution in [0.25, 0.3) is 0 Å². The number of nitrogens with one attached hydrogen (secondary N) is 2. The molecule has 0 bridgehead atoms. The topological polar surface area (TPSA) is 96.0 Å². The zero-order chi connectivity index (χ0) is 13.9. The van der Waals surface area contributed by atoms with Gasteiger partial charge in [-0.15, -0.1) is 0 Å². The van der Waals surface area contributed by atoms with E-state index in [4.69, 9.17) is 11.1 Å². The lowest BCUT2D eigenvalue weighted by Crippen LogP contribution is -2.29. The molecule has 1 aromatic rings. The summed E-state index contributed by atoms with van der Waals surface area (Å²) in [6.45, 7) is 0. The first-order chi connectivity index (χ1) is 8.99. The molecule has 1 aliphatic rings. The molecule has 0 heterocycles. The van der Waals surface area contributed by atoms with Crippen LogP contribution >= 0.6 is 0 Å². The highest BCUT2D eigenvalue weighted by atomic mass is 32.2.